The van der Waals surface area contributed by atoms with E-state index in [0.717, 1.165) is 25.7 Å². The van der Waals surface area contributed by atoms with Crippen LogP contribution in [0.15, 0.2) is 9.59 Å². The highest BCUT2D eigenvalue weighted by atomic mass is 35.5. The highest BCUT2D eigenvalue weighted by Gasteiger charge is 2.11. The van der Waals surface area contributed by atoms with Gasteiger partial charge in [0.1, 0.15) is 18.7 Å². The molecule has 0 amide bonds. The van der Waals surface area contributed by atoms with Crippen LogP contribution in [0.4, 0.5) is 0 Å². The Morgan fingerprint density at radius 2 is 0.821 bits per heavy atom. The zero-order valence-electron chi connectivity index (χ0n) is 15.5. The second-order valence-corrected chi connectivity index (χ2v) is 10.7. The van der Waals surface area contributed by atoms with Crippen molar-refractivity contribution in [2.24, 2.45) is 0 Å². The maximum atomic E-state index is 11.7. The largest absolute Gasteiger partial charge is 0.280 e. The smallest absolute Gasteiger partial charge is 0.267 e. The van der Waals surface area contributed by atoms with E-state index in [9.17, 15) is 9.59 Å². The molecule has 0 bridgehead atoms. The Labute approximate surface area is 193 Å². The second-order valence-electron chi connectivity index (χ2n) is 6.71. The van der Waals surface area contributed by atoms with Gasteiger partial charge >= 0.3 is 0 Å². The van der Waals surface area contributed by atoms with Crippen molar-refractivity contribution in [3.63, 3.8) is 0 Å². The zero-order chi connectivity index (χ0) is 20.5. The molecule has 2 heterocycles. The van der Waals surface area contributed by atoms with E-state index < -0.39 is 0 Å². The fourth-order valence-corrected chi connectivity index (χ4v) is 5.65. The van der Waals surface area contributed by atoms with Gasteiger partial charge in [0.05, 0.1) is 0 Å². The fourth-order valence-electron chi connectivity index (χ4n) is 2.96. The predicted molar refractivity (Wildman–Crippen MR) is 123 cm³/mol. The van der Waals surface area contributed by atoms with Gasteiger partial charge in [-0.15, -0.1) is 0 Å². The van der Waals surface area contributed by atoms with Crippen LogP contribution in [0.5, 0.6) is 0 Å². The van der Waals surface area contributed by atoms with Gasteiger partial charge in [-0.05, 0) is 35.9 Å². The molecule has 158 valence electrons. The summed E-state index contributed by atoms with van der Waals surface area (Å²) >= 11 is 25.8. The number of hydrogen-bond acceptors (Lipinski definition) is 4. The first-order chi connectivity index (χ1) is 13.4. The summed E-state index contributed by atoms with van der Waals surface area (Å²) in [4.78, 5) is 23.5. The molecule has 0 N–H and O–H groups in total. The Kier molecular flexibility index (Phi) is 11.0. The van der Waals surface area contributed by atoms with E-state index in [1.54, 1.807) is 7.91 Å². The summed E-state index contributed by atoms with van der Waals surface area (Å²) in [5, 5.41) is 0.281. The van der Waals surface area contributed by atoms with Crippen LogP contribution in [-0.2, 0) is 13.1 Å². The third-order valence-electron chi connectivity index (χ3n) is 4.53. The van der Waals surface area contributed by atoms with Crippen LogP contribution in [0.1, 0.15) is 64.2 Å². The maximum Gasteiger partial charge on any atom is 0.280 e. The van der Waals surface area contributed by atoms with Gasteiger partial charge in [0.15, 0.2) is 0 Å². The van der Waals surface area contributed by atoms with Crippen LogP contribution in [0.3, 0.4) is 0 Å². The molecule has 0 aromatic carbocycles. The molecule has 0 radical (unpaired) electrons. The molecule has 2 rings (SSSR count). The van der Waals surface area contributed by atoms with Crippen molar-refractivity contribution < 1.29 is 0 Å². The van der Waals surface area contributed by atoms with Gasteiger partial charge in [0.25, 0.3) is 11.1 Å². The summed E-state index contributed by atoms with van der Waals surface area (Å²) < 4.78 is 4.02. The van der Waals surface area contributed by atoms with Gasteiger partial charge in [0, 0.05) is 13.1 Å². The molecule has 0 saturated carbocycles. The first-order valence-electron chi connectivity index (χ1n) is 9.52. The fraction of sp³-hybridized carbons (Fsp3) is 0.667. The molecule has 0 spiro atoms. The highest BCUT2D eigenvalue weighted by Crippen LogP contribution is 2.24. The number of rotatable bonds is 13. The van der Waals surface area contributed by atoms with Gasteiger partial charge in [-0.25, -0.2) is 0 Å². The Hall–Kier alpha value is 0.0200. The van der Waals surface area contributed by atoms with Crippen molar-refractivity contribution in [3.8, 4) is 0 Å². The number of unbranched alkanes of at least 4 members (excludes halogenated alkanes) is 9. The average Bonchev–Trinajstić information content (AvgIpc) is 3.07. The van der Waals surface area contributed by atoms with E-state index >= 15 is 0 Å². The van der Waals surface area contributed by atoms with E-state index in [0.29, 0.717) is 21.8 Å². The summed E-state index contributed by atoms with van der Waals surface area (Å²) in [7, 11) is 0. The Morgan fingerprint density at radius 1 is 0.536 bits per heavy atom. The Balaban J connectivity index is 1.42. The summed E-state index contributed by atoms with van der Waals surface area (Å²) in [6, 6.07) is 0. The van der Waals surface area contributed by atoms with Gasteiger partial charge in [0.2, 0.25) is 0 Å². The standard InChI is InChI=1S/C18H24Cl4N2O2S2/c19-13-15(21)27-23(17(13)25)11-9-7-5-3-1-2-4-6-8-10-12-24-18(26)14(20)16(22)28-24/h1-12H2. The van der Waals surface area contributed by atoms with Crippen LogP contribution in [0, 0.1) is 0 Å². The molecule has 0 atom stereocenters. The molecule has 0 aliphatic heterocycles. The van der Waals surface area contributed by atoms with Gasteiger partial charge in [-0.2, -0.15) is 0 Å². The first kappa shape index (κ1) is 24.3. The van der Waals surface area contributed by atoms with E-state index in [-0.39, 0.29) is 21.2 Å². The van der Waals surface area contributed by atoms with Crippen molar-refractivity contribution in [1.29, 1.82) is 0 Å². The quantitative estimate of drug-likeness (QED) is 0.267. The van der Waals surface area contributed by atoms with E-state index in [4.69, 9.17) is 46.4 Å². The minimum atomic E-state index is -0.174. The van der Waals surface area contributed by atoms with Gasteiger partial charge < -0.3 is 0 Å². The number of aryl methyl sites for hydroxylation is 2. The third-order valence-corrected chi connectivity index (χ3v) is 8.30. The minimum Gasteiger partial charge on any atom is -0.267 e. The monoisotopic (exact) mass is 504 g/mol. The highest BCUT2D eigenvalue weighted by molar-refractivity contribution is 7.12. The maximum absolute atomic E-state index is 11.7. The lowest BCUT2D eigenvalue weighted by atomic mass is 10.1. The van der Waals surface area contributed by atoms with Crippen molar-refractivity contribution >= 4 is 69.5 Å². The lowest BCUT2D eigenvalue weighted by Gasteiger charge is -2.03. The summed E-state index contributed by atoms with van der Waals surface area (Å²) in [6.07, 6.45) is 11.5. The SMILES string of the molecule is O=c1c(Cl)c(Cl)sn1CCCCCCCCCCCCn1sc(Cl)c(Cl)c1=O. The van der Waals surface area contributed by atoms with Crippen molar-refractivity contribution in [2.75, 3.05) is 0 Å². The first-order valence-corrected chi connectivity index (χ1v) is 12.6. The third kappa shape index (κ3) is 7.37. The molecule has 0 aliphatic rings. The molecular formula is C18H24Cl4N2O2S2. The van der Waals surface area contributed by atoms with Gasteiger partial charge in [-0.3, -0.25) is 17.5 Å². The molecule has 10 heteroatoms. The van der Waals surface area contributed by atoms with Crippen LogP contribution in [0.2, 0.25) is 18.7 Å². The number of halogens is 4. The predicted octanol–water partition coefficient (Wildman–Crippen LogP) is 7.35. The molecule has 28 heavy (non-hydrogen) atoms. The summed E-state index contributed by atoms with van der Waals surface area (Å²) in [6.45, 7) is 1.39. The van der Waals surface area contributed by atoms with Crippen LogP contribution in [0.25, 0.3) is 0 Å². The number of nitrogens with zero attached hydrogens (tertiary/aromatic N) is 2. The van der Waals surface area contributed by atoms with Crippen molar-refractivity contribution in [3.05, 3.63) is 39.4 Å². The number of hydrogen-bond donors (Lipinski definition) is 0. The number of aromatic nitrogens is 2. The summed E-state index contributed by atoms with van der Waals surface area (Å²) in [5.74, 6) is 0. The van der Waals surface area contributed by atoms with Crippen LogP contribution >= 0.6 is 69.5 Å². The normalized spacial score (nSPS) is 11.4. The molecule has 2 aromatic heterocycles. The van der Waals surface area contributed by atoms with Gasteiger partial charge in [-0.1, -0.05) is 97.8 Å². The molecule has 2 aromatic rings. The molecule has 0 saturated heterocycles. The molecule has 4 nitrogen and oxygen atoms in total. The average molecular weight is 506 g/mol. The molecular weight excluding hydrogens is 482 g/mol. The van der Waals surface area contributed by atoms with Crippen LogP contribution in [-0.4, -0.2) is 7.91 Å². The van der Waals surface area contributed by atoms with E-state index in [1.807, 2.05) is 0 Å². The van der Waals surface area contributed by atoms with E-state index in [2.05, 4.69) is 0 Å². The lowest BCUT2D eigenvalue weighted by molar-refractivity contribution is 0.528. The molecule has 0 unspecified atom stereocenters. The van der Waals surface area contributed by atoms with Crippen LogP contribution < -0.4 is 11.1 Å². The Bertz CT molecular complexity index is 787. The second kappa shape index (κ2) is 12.7. The van der Waals surface area contributed by atoms with Crippen molar-refractivity contribution in [1.82, 2.24) is 7.91 Å². The lowest BCUT2D eigenvalue weighted by Crippen LogP contribution is -2.13. The van der Waals surface area contributed by atoms with Crippen molar-refractivity contribution in [2.45, 2.75) is 77.3 Å². The topological polar surface area (TPSA) is 44.0 Å². The summed E-state index contributed by atoms with van der Waals surface area (Å²) in [5.41, 5.74) is -0.348. The van der Waals surface area contributed by atoms with E-state index in [1.165, 1.54) is 61.6 Å². The zero-order valence-corrected chi connectivity index (χ0v) is 20.2. The molecule has 0 fully saturated rings. The minimum absolute atomic E-state index is 0.140. The molecule has 0 aliphatic carbocycles. The Morgan fingerprint density at radius 3 is 1.07 bits per heavy atom.